The van der Waals surface area contributed by atoms with Gasteiger partial charge in [-0.1, -0.05) is 12.2 Å². The first-order valence-corrected chi connectivity index (χ1v) is 3.12. The molecule has 0 bridgehead atoms. The highest BCUT2D eigenvalue weighted by Gasteiger charge is 2.08. The molecule has 0 amide bonds. The zero-order valence-corrected chi connectivity index (χ0v) is 8.21. The molecular weight excluding hydrogens is 160 g/mol. The molecule has 0 rings (SSSR count). The molecular formula is C8H19ClN2. The van der Waals surface area contributed by atoms with Crippen LogP contribution in [0.5, 0.6) is 0 Å². The molecule has 0 aromatic carbocycles. The lowest BCUT2D eigenvalue weighted by Crippen LogP contribution is -2.36. The maximum atomic E-state index is 3.69. The Labute approximate surface area is 75.8 Å². The fourth-order valence-electron chi connectivity index (χ4n) is 0.407. The molecule has 11 heavy (non-hydrogen) atoms. The summed E-state index contributed by atoms with van der Waals surface area (Å²) in [5, 5.41) is 3.22. The lowest BCUT2D eigenvalue weighted by molar-refractivity contribution is 0.505. The van der Waals surface area contributed by atoms with E-state index in [-0.39, 0.29) is 24.1 Å². The molecule has 0 heterocycles. The van der Waals surface area contributed by atoms with E-state index in [1.165, 1.54) is 0 Å². The topological polar surface area (TPSA) is 47.0 Å². The minimum atomic E-state index is 0. The first kappa shape index (κ1) is 17.0. The van der Waals surface area contributed by atoms with Gasteiger partial charge in [0, 0.05) is 12.1 Å². The van der Waals surface area contributed by atoms with Gasteiger partial charge in [0.25, 0.3) is 0 Å². The van der Waals surface area contributed by atoms with Crippen LogP contribution >= 0.6 is 12.4 Å². The molecule has 0 fully saturated rings. The van der Waals surface area contributed by atoms with E-state index in [1.807, 2.05) is 12.2 Å². The van der Waals surface area contributed by atoms with Crippen molar-refractivity contribution in [3.63, 3.8) is 0 Å². The second-order valence-corrected chi connectivity index (χ2v) is 2.60. The summed E-state index contributed by atoms with van der Waals surface area (Å²) in [6, 6.07) is 0. The van der Waals surface area contributed by atoms with Gasteiger partial charge in [0.1, 0.15) is 0 Å². The van der Waals surface area contributed by atoms with Crippen LogP contribution in [0.2, 0.25) is 0 Å². The van der Waals surface area contributed by atoms with Crippen LogP contribution in [0, 0.1) is 0 Å². The van der Waals surface area contributed by atoms with Crippen molar-refractivity contribution in [3.8, 4) is 0 Å². The molecule has 0 saturated carbocycles. The molecule has 0 saturated heterocycles. The normalized spacial score (nSPS) is 8.91. The van der Waals surface area contributed by atoms with Crippen LogP contribution in [-0.4, -0.2) is 12.1 Å². The summed E-state index contributed by atoms with van der Waals surface area (Å²) in [6.07, 6.45) is 3.72. The molecule has 2 nitrogen and oxygen atoms in total. The second-order valence-electron chi connectivity index (χ2n) is 2.60. The summed E-state index contributed by atoms with van der Waals surface area (Å²) in [6.45, 7) is 12.3. The predicted molar refractivity (Wildman–Crippen MR) is 54.7 cm³/mol. The second kappa shape index (κ2) is 7.79. The predicted octanol–water partition coefficient (Wildman–Crippen LogP) is 2.31. The van der Waals surface area contributed by atoms with Crippen LogP contribution in [0.15, 0.2) is 25.3 Å². The van der Waals surface area contributed by atoms with Gasteiger partial charge in [-0.25, -0.2) is 0 Å². The number of nitrogens with one attached hydrogen (secondary N) is 1. The minimum Gasteiger partial charge on any atom is -0.344 e. The monoisotopic (exact) mass is 178 g/mol. The lowest BCUT2D eigenvalue weighted by Gasteiger charge is -2.20. The third kappa shape index (κ3) is 9.69. The fourth-order valence-corrected chi connectivity index (χ4v) is 0.407. The highest BCUT2D eigenvalue weighted by Crippen LogP contribution is 2.00. The molecule has 0 aromatic heterocycles. The van der Waals surface area contributed by atoms with Gasteiger partial charge in [-0.3, -0.25) is 0 Å². The molecule has 0 radical (unpaired) electrons. The SMILES string of the molecule is C=CCNC(C)(C)C=C.Cl.N. The average molecular weight is 179 g/mol. The van der Waals surface area contributed by atoms with Crippen LogP contribution in [0.25, 0.3) is 0 Å². The molecule has 0 aliphatic carbocycles. The Kier molecular flexibility index (Phi) is 12.0. The molecule has 0 aliphatic heterocycles. The molecule has 0 spiro atoms. The van der Waals surface area contributed by atoms with Crippen molar-refractivity contribution in [2.75, 3.05) is 6.54 Å². The van der Waals surface area contributed by atoms with Crippen molar-refractivity contribution in [1.29, 1.82) is 0 Å². The van der Waals surface area contributed by atoms with E-state index in [4.69, 9.17) is 0 Å². The average Bonchev–Trinajstić information content (AvgIpc) is 1.84. The van der Waals surface area contributed by atoms with Gasteiger partial charge in [-0.15, -0.1) is 25.6 Å². The van der Waals surface area contributed by atoms with Crippen molar-refractivity contribution >= 4 is 12.4 Å². The van der Waals surface area contributed by atoms with Gasteiger partial charge in [0.15, 0.2) is 0 Å². The van der Waals surface area contributed by atoms with E-state index in [0.29, 0.717) is 0 Å². The Morgan fingerprint density at radius 1 is 1.36 bits per heavy atom. The third-order valence-electron chi connectivity index (χ3n) is 1.21. The highest BCUT2D eigenvalue weighted by molar-refractivity contribution is 5.85. The molecule has 3 heteroatoms. The zero-order chi connectivity index (χ0) is 7.33. The van der Waals surface area contributed by atoms with Crippen molar-refractivity contribution in [2.24, 2.45) is 0 Å². The Bertz CT molecular complexity index is 111. The Morgan fingerprint density at radius 3 is 2.09 bits per heavy atom. The Hall–Kier alpha value is -0.310. The van der Waals surface area contributed by atoms with Gasteiger partial charge in [0.2, 0.25) is 0 Å². The van der Waals surface area contributed by atoms with Gasteiger partial charge < -0.3 is 11.5 Å². The summed E-state index contributed by atoms with van der Waals surface area (Å²) in [7, 11) is 0. The summed E-state index contributed by atoms with van der Waals surface area (Å²) >= 11 is 0. The van der Waals surface area contributed by atoms with Crippen LogP contribution < -0.4 is 11.5 Å². The number of hydrogen-bond acceptors (Lipinski definition) is 2. The molecule has 4 N–H and O–H groups in total. The van der Waals surface area contributed by atoms with Crippen LogP contribution in [0.3, 0.4) is 0 Å². The first-order valence-electron chi connectivity index (χ1n) is 3.12. The number of rotatable bonds is 4. The molecule has 0 aliphatic rings. The van der Waals surface area contributed by atoms with E-state index in [9.17, 15) is 0 Å². The maximum absolute atomic E-state index is 3.69. The van der Waals surface area contributed by atoms with E-state index in [1.54, 1.807) is 0 Å². The van der Waals surface area contributed by atoms with E-state index >= 15 is 0 Å². The van der Waals surface area contributed by atoms with Crippen molar-refractivity contribution in [3.05, 3.63) is 25.3 Å². The van der Waals surface area contributed by atoms with E-state index < -0.39 is 0 Å². The third-order valence-corrected chi connectivity index (χ3v) is 1.21. The van der Waals surface area contributed by atoms with Crippen molar-refractivity contribution < 1.29 is 0 Å². The minimum absolute atomic E-state index is 0. The highest BCUT2D eigenvalue weighted by atomic mass is 35.5. The summed E-state index contributed by atoms with van der Waals surface area (Å²) in [5.74, 6) is 0. The van der Waals surface area contributed by atoms with Crippen LogP contribution in [0.1, 0.15) is 13.8 Å². The van der Waals surface area contributed by atoms with E-state index in [0.717, 1.165) is 6.54 Å². The number of hydrogen-bond donors (Lipinski definition) is 2. The lowest BCUT2D eigenvalue weighted by atomic mass is 10.1. The first-order chi connectivity index (χ1) is 4.12. The molecule has 0 unspecified atom stereocenters. The number of halogens is 1. The van der Waals surface area contributed by atoms with E-state index in [2.05, 4.69) is 32.3 Å². The van der Waals surface area contributed by atoms with Gasteiger partial charge in [0.05, 0.1) is 0 Å². The quantitative estimate of drug-likeness (QED) is 0.650. The van der Waals surface area contributed by atoms with Crippen molar-refractivity contribution in [2.45, 2.75) is 19.4 Å². The molecule has 0 atom stereocenters. The standard InChI is InChI=1S/C8H15N.ClH.H3N/c1-5-7-9-8(3,4)6-2;;/h5-6,9H,1-2,7H2,3-4H3;1H;1H3. The summed E-state index contributed by atoms with van der Waals surface area (Å²) < 4.78 is 0. The maximum Gasteiger partial charge on any atom is 0.0307 e. The van der Waals surface area contributed by atoms with Crippen LogP contribution in [-0.2, 0) is 0 Å². The van der Waals surface area contributed by atoms with Crippen LogP contribution in [0.4, 0.5) is 0 Å². The Balaban J connectivity index is -0.000000320. The largest absolute Gasteiger partial charge is 0.344 e. The summed E-state index contributed by atoms with van der Waals surface area (Å²) in [5.41, 5.74) is 0.0359. The van der Waals surface area contributed by atoms with Gasteiger partial charge in [-0.05, 0) is 13.8 Å². The molecule has 68 valence electrons. The Morgan fingerprint density at radius 2 is 1.82 bits per heavy atom. The fraction of sp³-hybridized carbons (Fsp3) is 0.500. The zero-order valence-electron chi connectivity index (χ0n) is 7.39. The summed E-state index contributed by atoms with van der Waals surface area (Å²) in [4.78, 5) is 0. The smallest absolute Gasteiger partial charge is 0.0307 e. The van der Waals surface area contributed by atoms with Gasteiger partial charge >= 0.3 is 0 Å². The molecule has 0 aromatic rings. The van der Waals surface area contributed by atoms with Gasteiger partial charge in [-0.2, -0.15) is 0 Å². The van der Waals surface area contributed by atoms with Crippen molar-refractivity contribution in [1.82, 2.24) is 11.5 Å².